The first kappa shape index (κ1) is 32.0. The van der Waals surface area contributed by atoms with E-state index >= 15 is 0 Å². The standard InChI is InChI=1S/C16H8Cl2N2O.C10H3Cl3N2O.C6H7BO2.H/c17-10-6-7-12-11(8-10)14-15(21-12)13(19-16(18)20-14)9-4-2-1-3-5-9;11-4-1-2-6-5(3-4)7-8(16-6)9(12)15-10(13)14-7;8-7(9)6-4-2-1-3-5-6;/h1-8H;1-3H;1-5,8-9H;/q;;;-1/i;;;1+1. The Labute approximate surface area is 287 Å². The molecule has 8 aromatic rings. The van der Waals surface area contributed by atoms with Crippen molar-refractivity contribution >= 4 is 115 Å². The minimum atomic E-state index is -1.34. The highest BCUT2D eigenvalue weighted by Gasteiger charge is 2.17. The van der Waals surface area contributed by atoms with Gasteiger partial charge in [-0.05, 0) is 65.1 Å². The fraction of sp³-hybridized carbons (Fsp3) is 0. The smallest absolute Gasteiger partial charge is 0.488 e. The van der Waals surface area contributed by atoms with Gasteiger partial charge in [0.05, 0.1) is 0 Å². The summed E-state index contributed by atoms with van der Waals surface area (Å²) in [5.41, 5.74) is 5.77. The van der Waals surface area contributed by atoms with E-state index in [0.29, 0.717) is 54.6 Å². The third kappa shape index (κ3) is 6.91. The van der Waals surface area contributed by atoms with Crippen molar-refractivity contribution in [1.29, 1.82) is 0 Å². The Balaban J connectivity index is 0.000000148. The molecule has 8 rings (SSSR count). The largest absolute Gasteiger partial charge is 1.00 e. The molecule has 46 heavy (non-hydrogen) atoms. The molecule has 0 unspecified atom stereocenters. The minimum absolute atomic E-state index is 0. The number of rotatable bonds is 2. The molecule has 8 nitrogen and oxygen atoms in total. The molecule has 4 aromatic carbocycles. The lowest BCUT2D eigenvalue weighted by Gasteiger charge is -2.01. The molecule has 0 saturated carbocycles. The highest BCUT2D eigenvalue weighted by atomic mass is 35.5. The van der Waals surface area contributed by atoms with Crippen molar-refractivity contribution < 1.29 is 20.3 Å². The summed E-state index contributed by atoms with van der Waals surface area (Å²) in [6, 6.07) is 29.1. The van der Waals surface area contributed by atoms with E-state index in [4.69, 9.17) is 76.9 Å². The van der Waals surface area contributed by atoms with Gasteiger partial charge < -0.3 is 20.3 Å². The van der Waals surface area contributed by atoms with Crippen molar-refractivity contribution in [2.45, 2.75) is 0 Å². The van der Waals surface area contributed by atoms with Gasteiger partial charge in [-0.2, -0.15) is 0 Å². The maximum absolute atomic E-state index is 8.58. The van der Waals surface area contributed by atoms with Crippen molar-refractivity contribution in [1.82, 2.24) is 19.9 Å². The molecule has 0 aliphatic rings. The molecular weight excluding hydrogens is 692 g/mol. The van der Waals surface area contributed by atoms with Gasteiger partial charge in [0.25, 0.3) is 0 Å². The molecule has 0 radical (unpaired) electrons. The topological polar surface area (TPSA) is 118 Å². The Morgan fingerprint density at radius 2 is 1.07 bits per heavy atom. The molecule has 0 amide bonds. The summed E-state index contributed by atoms with van der Waals surface area (Å²) in [6.45, 7) is 0. The van der Waals surface area contributed by atoms with E-state index in [1.807, 2.05) is 48.5 Å². The van der Waals surface area contributed by atoms with Gasteiger partial charge in [-0.25, -0.2) is 19.9 Å². The molecule has 0 aliphatic carbocycles. The molecule has 4 heterocycles. The predicted molar refractivity (Wildman–Crippen MR) is 186 cm³/mol. The zero-order valence-electron chi connectivity index (χ0n) is 24.2. The van der Waals surface area contributed by atoms with Gasteiger partial charge in [-0.15, -0.1) is 0 Å². The van der Waals surface area contributed by atoms with Gasteiger partial charge >= 0.3 is 7.12 Å². The maximum Gasteiger partial charge on any atom is 0.488 e. The number of nitrogens with zero attached hydrogens (tertiary/aromatic N) is 4. The number of hydrogen-bond donors (Lipinski definition) is 2. The van der Waals surface area contributed by atoms with Crippen LogP contribution in [0.15, 0.2) is 106 Å². The van der Waals surface area contributed by atoms with Crippen LogP contribution in [0.1, 0.15) is 1.43 Å². The van der Waals surface area contributed by atoms with Crippen LogP contribution >= 0.6 is 58.0 Å². The number of benzene rings is 4. The van der Waals surface area contributed by atoms with E-state index in [-0.39, 0.29) is 17.1 Å². The van der Waals surface area contributed by atoms with Crippen molar-refractivity contribution in [2.24, 2.45) is 0 Å². The fourth-order valence-electron chi connectivity index (χ4n) is 4.56. The van der Waals surface area contributed by atoms with E-state index in [9.17, 15) is 0 Å². The molecule has 0 aliphatic heterocycles. The minimum Gasteiger partial charge on any atom is -1.00 e. The SMILES string of the molecule is Clc1ccc2oc3c(-c4ccccc4)nc(Cl)nc3c2c1.Clc1ccc2oc3c(Cl)nc(Cl)nc3c2c1.OB(O)c1ccccc1.[2H-]. The van der Waals surface area contributed by atoms with Crippen LogP contribution in [0.3, 0.4) is 0 Å². The van der Waals surface area contributed by atoms with Gasteiger partial charge in [-0.3, -0.25) is 0 Å². The predicted octanol–water partition coefficient (Wildman–Crippen LogP) is 9.16. The first-order valence-corrected chi connectivity index (χ1v) is 15.3. The second kappa shape index (κ2) is 13.8. The average Bonchev–Trinajstić information content (AvgIpc) is 3.60. The molecule has 0 saturated heterocycles. The number of furan rings is 2. The van der Waals surface area contributed by atoms with E-state index in [1.165, 1.54) is 0 Å². The zero-order valence-corrected chi connectivity index (χ0v) is 27.0. The lowest BCUT2D eigenvalue weighted by atomic mass is 9.81. The van der Waals surface area contributed by atoms with Crippen molar-refractivity contribution in [3.05, 3.63) is 123 Å². The van der Waals surface area contributed by atoms with E-state index < -0.39 is 7.12 Å². The highest BCUT2D eigenvalue weighted by Crippen LogP contribution is 2.36. The van der Waals surface area contributed by atoms with Crippen LogP contribution in [0.2, 0.25) is 25.8 Å². The van der Waals surface area contributed by atoms with E-state index in [0.717, 1.165) is 16.3 Å². The molecule has 230 valence electrons. The Morgan fingerprint density at radius 3 is 1.61 bits per heavy atom. The van der Waals surface area contributed by atoms with Crippen LogP contribution < -0.4 is 5.46 Å². The summed E-state index contributed by atoms with van der Waals surface area (Å²) >= 11 is 29.7. The number of aromatic nitrogens is 4. The molecule has 2 N–H and O–H groups in total. The molecule has 0 atom stereocenters. The van der Waals surface area contributed by atoms with Crippen LogP contribution in [0.25, 0.3) is 55.4 Å². The Hall–Kier alpha value is -3.93. The second-order valence-corrected chi connectivity index (χ2v) is 11.5. The van der Waals surface area contributed by atoms with Crippen molar-refractivity contribution in [2.75, 3.05) is 0 Å². The summed E-state index contributed by atoms with van der Waals surface area (Å²) in [5.74, 6) is 0. The van der Waals surface area contributed by atoms with Gasteiger partial charge in [0.2, 0.25) is 10.6 Å². The van der Waals surface area contributed by atoms with E-state index in [2.05, 4.69) is 19.9 Å². The van der Waals surface area contributed by atoms with Crippen LogP contribution in [-0.4, -0.2) is 37.1 Å². The lowest BCUT2D eigenvalue weighted by Crippen LogP contribution is -2.29. The third-order valence-electron chi connectivity index (χ3n) is 6.60. The summed E-state index contributed by atoms with van der Waals surface area (Å²) in [7, 11) is -1.34. The third-order valence-corrected chi connectivity index (χ3v) is 7.66. The van der Waals surface area contributed by atoms with Crippen LogP contribution in [-0.2, 0) is 0 Å². The Morgan fingerprint density at radius 1 is 0.565 bits per heavy atom. The van der Waals surface area contributed by atoms with Crippen molar-refractivity contribution in [3.8, 4) is 11.3 Å². The van der Waals surface area contributed by atoms with E-state index in [1.54, 1.807) is 48.5 Å². The summed E-state index contributed by atoms with van der Waals surface area (Å²) in [6.07, 6.45) is 0. The van der Waals surface area contributed by atoms with Crippen LogP contribution in [0.4, 0.5) is 0 Å². The maximum atomic E-state index is 8.58. The van der Waals surface area contributed by atoms with Crippen LogP contribution in [0, 0.1) is 0 Å². The lowest BCUT2D eigenvalue weighted by molar-refractivity contribution is 0.426. The first-order chi connectivity index (χ1) is 22.2. The van der Waals surface area contributed by atoms with Crippen LogP contribution in [0.5, 0.6) is 0 Å². The number of hydrogen-bond acceptors (Lipinski definition) is 8. The summed E-state index contributed by atoms with van der Waals surface area (Å²) < 4.78 is 11.4. The van der Waals surface area contributed by atoms with Gasteiger partial charge in [0, 0.05) is 26.4 Å². The number of fused-ring (bicyclic) bond motifs is 6. The second-order valence-electron chi connectivity index (χ2n) is 9.62. The first-order valence-electron chi connectivity index (χ1n) is 13.4. The fourth-order valence-corrected chi connectivity index (χ4v) is 5.50. The molecule has 0 fully saturated rings. The van der Waals surface area contributed by atoms with Gasteiger partial charge in [0.1, 0.15) is 27.9 Å². The quantitative estimate of drug-likeness (QED) is 0.104. The Kier molecular flexibility index (Phi) is 9.63. The normalized spacial score (nSPS) is 10.9. The van der Waals surface area contributed by atoms with Crippen molar-refractivity contribution in [3.63, 3.8) is 0 Å². The summed E-state index contributed by atoms with van der Waals surface area (Å²) in [4.78, 5) is 16.5. The molecule has 0 bridgehead atoms. The molecule has 4 aromatic heterocycles. The monoisotopic (exact) mass is 710 g/mol. The highest BCUT2D eigenvalue weighted by molar-refractivity contribution is 6.58. The summed E-state index contributed by atoms with van der Waals surface area (Å²) in [5, 5.41) is 20.5. The zero-order chi connectivity index (χ0) is 32.4. The molecule has 0 spiro atoms. The van der Waals surface area contributed by atoms with Gasteiger partial charge in [0.15, 0.2) is 16.3 Å². The average molecular weight is 713 g/mol. The number of halogens is 5. The van der Waals surface area contributed by atoms with Gasteiger partial charge in [-0.1, -0.05) is 95.5 Å². The molecular formula is C32H19BCl5N4O4-. The Bertz CT molecular complexity index is 2330. The molecule has 14 heteroatoms.